The molecule has 0 aliphatic heterocycles. The zero-order valence-corrected chi connectivity index (χ0v) is 17.3. The molecule has 0 saturated heterocycles. The molecule has 0 bridgehead atoms. The lowest BCUT2D eigenvalue weighted by Gasteiger charge is -2.11. The van der Waals surface area contributed by atoms with Crippen molar-refractivity contribution in [3.05, 3.63) is 114 Å². The quantitative estimate of drug-likeness (QED) is 0.369. The molecule has 0 aliphatic carbocycles. The number of aromatic nitrogens is 2. The van der Waals surface area contributed by atoms with Crippen LogP contribution in [0.25, 0.3) is 11.1 Å². The first-order valence-electron chi connectivity index (χ1n) is 10.4. The first-order chi connectivity index (χ1) is 15.3. The van der Waals surface area contributed by atoms with Crippen LogP contribution in [-0.4, -0.2) is 15.8 Å². The van der Waals surface area contributed by atoms with Crippen LogP contribution in [0.2, 0.25) is 0 Å². The van der Waals surface area contributed by atoms with E-state index in [1.165, 1.54) is 0 Å². The number of hydrogen-bond acceptors (Lipinski definition) is 4. The van der Waals surface area contributed by atoms with Crippen molar-refractivity contribution in [2.75, 3.05) is 0 Å². The monoisotopic (exact) mass is 408 g/mol. The Morgan fingerprint density at radius 1 is 0.806 bits per heavy atom. The summed E-state index contributed by atoms with van der Waals surface area (Å²) in [5, 5.41) is 0. The van der Waals surface area contributed by atoms with Gasteiger partial charge in [0.25, 0.3) is 0 Å². The van der Waals surface area contributed by atoms with Crippen LogP contribution < -0.4 is 4.74 Å². The van der Waals surface area contributed by atoms with Crippen molar-refractivity contribution in [1.29, 1.82) is 0 Å². The Labute approximate surface area is 182 Å². The second-order valence-electron chi connectivity index (χ2n) is 7.39. The number of nitrogens with zero attached hydrogens (tertiary/aromatic N) is 2. The van der Waals surface area contributed by atoms with Crippen LogP contribution in [0.3, 0.4) is 0 Å². The molecule has 0 aliphatic rings. The van der Waals surface area contributed by atoms with Gasteiger partial charge < -0.3 is 4.74 Å². The summed E-state index contributed by atoms with van der Waals surface area (Å²) in [6.07, 6.45) is 6.93. The first kappa shape index (κ1) is 20.5. The van der Waals surface area contributed by atoms with E-state index in [-0.39, 0.29) is 5.78 Å². The van der Waals surface area contributed by atoms with E-state index >= 15 is 0 Å². The SMILES string of the molecule is O=C(CCc1cccnc1)Cc1ccc(COc2ccccc2-c2ccccc2)nc1. The maximum atomic E-state index is 12.3. The molecule has 4 rings (SSSR count). The number of carbonyl (C=O) groups is 1. The normalized spacial score (nSPS) is 10.6. The van der Waals surface area contributed by atoms with E-state index in [4.69, 9.17) is 4.74 Å². The lowest BCUT2D eigenvalue weighted by Crippen LogP contribution is -2.06. The Morgan fingerprint density at radius 3 is 2.42 bits per heavy atom. The van der Waals surface area contributed by atoms with Crippen LogP contribution >= 0.6 is 0 Å². The molecule has 0 saturated carbocycles. The summed E-state index contributed by atoms with van der Waals surface area (Å²) in [5.74, 6) is 1.02. The van der Waals surface area contributed by atoms with Gasteiger partial charge >= 0.3 is 0 Å². The predicted octanol–water partition coefficient (Wildman–Crippen LogP) is 5.47. The van der Waals surface area contributed by atoms with Gasteiger partial charge in [0.05, 0.1) is 5.69 Å². The van der Waals surface area contributed by atoms with Crippen molar-refractivity contribution in [1.82, 2.24) is 9.97 Å². The Kier molecular flexibility index (Phi) is 6.81. The Morgan fingerprint density at radius 2 is 1.65 bits per heavy atom. The van der Waals surface area contributed by atoms with Crippen LogP contribution in [0, 0.1) is 0 Å². The van der Waals surface area contributed by atoms with Crippen LogP contribution in [0.4, 0.5) is 0 Å². The van der Waals surface area contributed by atoms with E-state index in [0.717, 1.165) is 33.7 Å². The summed E-state index contributed by atoms with van der Waals surface area (Å²) < 4.78 is 6.05. The average molecular weight is 409 g/mol. The van der Waals surface area contributed by atoms with Gasteiger partial charge in [-0.25, -0.2) is 0 Å². The summed E-state index contributed by atoms with van der Waals surface area (Å²) in [6, 6.07) is 25.9. The molecule has 0 atom stereocenters. The van der Waals surface area contributed by atoms with Gasteiger partial charge in [0.15, 0.2) is 0 Å². The minimum Gasteiger partial charge on any atom is -0.487 e. The van der Waals surface area contributed by atoms with E-state index < -0.39 is 0 Å². The predicted molar refractivity (Wildman–Crippen MR) is 122 cm³/mol. The lowest BCUT2D eigenvalue weighted by molar-refractivity contribution is -0.118. The van der Waals surface area contributed by atoms with Crippen molar-refractivity contribution < 1.29 is 9.53 Å². The lowest BCUT2D eigenvalue weighted by atomic mass is 10.0. The van der Waals surface area contributed by atoms with Crippen molar-refractivity contribution in [3.63, 3.8) is 0 Å². The first-order valence-corrected chi connectivity index (χ1v) is 10.4. The van der Waals surface area contributed by atoms with E-state index in [1.54, 1.807) is 18.6 Å². The second-order valence-corrected chi connectivity index (χ2v) is 7.39. The molecule has 31 heavy (non-hydrogen) atoms. The van der Waals surface area contributed by atoms with Crippen LogP contribution in [0.15, 0.2) is 97.5 Å². The van der Waals surface area contributed by atoms with Gasteiger partial charge in [-0.3, -0.25) is 14.8 Å². The van der Waals surface area contributed by atoms with Crippen molar-refractivity contribution >= 4 is 5.78 Å². The molecule has 2 aromatic carbocycles. The molecule has 2 aromatic heterocycles. The molecule has 154 valence electrons. The number of pyridine rings is 2. The maximum absolute atomic E-state index is 12.3. The molecule has 0 radical (unpaired) electrons. The van der Waals surface area contributed by atoms with Gasteiger partial charge in [-0.05, 0) is 41.3 Å². The van der Waals surface area contributed by atoms with Crippen LogP contribution in [-0.2, 0) is 24.2 Å². The molecule has 0 amide bonds. The highest BCUT2D eigenvalue weighted by Gasteiger charge is 2.08. The van der Waals surface area contributed by atoms with Crippen molar-refractivity contribution in [2.24, 2.45) is 0 Å². The fraction of sp³-hybridized carbons (Fsp3) is 0.148. The Hall–Kier alpha value is -3.79. The zero-order chi connectivity index (χ0) is 21.3. The Bertz CT molecular complexity index is 1110. The summed E-state index contributed by atoms with van der Waals surface area (Å²) in [5.41, 5.74) is 5.00. The Balaban J connectivity index is 1.32. The third kappa shape index (κ3) is 5.86. The third-order valence-corrected chi connectivity index (χ3v) is 5.05. The molecule has 4 nitrogen and oxygen atoms in total. The number of para-hydroxylation sites is 1. The number of aryl methyl sites for hydroxylation is 1. The van der Waals surface area contributed by atoms with Crippen LogP contribution in [0.5, 0.6) is 5.75 Å². The number of Topliss-reactive ketones (excluding diaryl/α,β-unsaturated/α-hetero) is 1. The smallest absolute Gasteiger partial charge is 0.137 e. The minimum absolute atomic E-state index is 0.200. The second kappa shape index (κ2) is 10.3. The van der Waals surface area contributed by atoms with Gasteiger partial charge in [0.2, 0.25) is 0 Å². The summed E-state index contributed by atoms with van der Waals surface area (Å²) in [7, 11) is 0. The minimum atomic E-state index is 0.200. The number of carbonyl (C=O) groups excluding carboxylic acids is 1. The summed E-state index contributed by atoms with van der Waals surface area (Å²) in [6.45, 7) is 0.374. The van der Waals surface area contributed by atoms with Crippen molar-refractivity contribution in [3.8, 4) is 16.9 Å². The largest absolute Gasteiger partial charge is 0.487 e. The fourth-order valence-corrected chi connectivity index (χ4v) is 3.39. The third-order valence-electron chi connectivity index (χ3n) is 5.05. The standard InChI is InChI=1S/C27H24N2O2/c30-25(15-13-21-7-6-16-28-18-21)17-22-12-14-24(29-19-22)20-31-27-11-5-4-10-26(27)23-8-2-1-3-9-23/h1-12,14,16,18-19H,13,15,17,20H2. The number of ether oxygens (including phenoxy) is 1. The van der Waals surface area contributed by atoms with Crippen molar-refractivity contribution in [2.45, 2.75) is 25.9 Å². The zero-order valence-electron chi connectivity index (χ0n) is 17.3. The van der Waals surface area contributed by atoms with Crippen LogP contribution in [0.1, 0.15) is 23.2 Å². The molecule has 0 N–H and O–H groups in total. The van der Waals surface area contributed by atoms with Gasteiger partial charge in [0.1, 0.15) is 18.1 Å². The van der Waals surface area contributed by atoms with Gasteiger partial charge in [-0.1, -0.05) is 60.7 Å². The van der Waals surface area contributed by atoms with Gasteiger partial charge in [-0.15, -0.1) is 0 Å². The highest BCUT2D eigenvalue weighted by Crippen LogP contribution is 2.30. The summed E-state index contributed by atoms with van der Waals surface area (Å²) >= 11 is 0. The van der Waals surface area contributed by atoms with Gasteiger partial charge in [0, 0.05) is 37.0 Å². The number of benzene rings is 2. The maximum Gasteiger partial charge on any atom is 0.137 e. The van der Waals surface area contributed by atoms with E-state index in [1.807, 2.05) is 60.7 Å². The van der Waals surface area contributed by atoms with E-state index in [0.29, 0.717) is 25.9 Å². The van der Waals surface area contributed by atoms with Gasteiger partial charge in [-0.2, -0.15) is 0 Å². The fourth-order valence-electron chi connectivity index (χ4n) is 3.39. The molecule has 0 spiro atoms. The van der Waals surface area contributed by atoms with E-state index in [2.05, 4.69) is 28.2 Å². The molecular weight excluding hydrogens is 384 g/mol. The number of rotatable bonds is 9. The molecule has 4 aromatic rings. The van der Waals surface area contributed by atoms with E-state index in [9.17, 15) is 4.79 Å². The topological polar surface area (TPSA) is 52.1 Å². The highest BCUT2D eigenvalue weighted by molar-refractivity contribution is 5.81. The summed E-state index contributed by atoms with van der Waals surface area (Å²) in [4.78, 5) is 20.8. The number of hydrogen-bond donors (Lipinski definition) is 0. The average Bonchev–Trinajstić information content (AvgIpc) is 2.84. The highest BCUT2D eigenvalue weighted by atomic mass is 16.5. The molecule has 2 heterocycles. The molecule has 0 fully saturated rings. The molecule has 4 heteroatoms. The molecule has 0 unspecified atom stereocenters. The number of ketones is 1. The molecular formula is C27H24N2O2.